The number of hydrogen-bond donors (Lipinski definition) is 3. The topological polar surface area (TPSA) is 113 Å². The van der Waals surface area contributed by atoms with Gasteiger partial charge in [0.1, 0.15) is 6.20 Å². The first-order chi connectivity index (χ1) is 11.6. The third kappa shape index (κ3) is 3.96. The van der Waals surface area contributed by atoms with E-state index in [1.807, 2.05) is 30.3 Å². The molecule has 0 radical (unpaired) electrons. The highest BCUT2D eigenvalue weighted by molar-refractivity contribution is 5.65. The van der Waals surface area contributed by atoms with Crippen molar-refractivity contribution in [2.75, 3.05) is 10.6 Å². The van der Waals surface area contributed by atoms with Crippen molar-refractivity contribution < 1.29 is 10.0 Å². The SMILES string of the molecule is O=[N+]([O-])c1cnc(NC2CCC(O)CC2)nc1Nc1ccccc1. The van der Waals surface area contributed by atoms with Crippen LogP contribution in [0.5, 0.6) is 0 Å². The summed E-state index contributed by atoms with van der Waals surface area (Å²) in [5.74, 6) is 0.500. The minimum Gasteiger partial charge on any atom is -0.393 e. The number of benzene rings is 1. The van der Waals surface area contributed by atoms with E-state index in [0.717, 1.165) is 25.7 Å². The number of rotatable bonds is 5. The molecular weight excluding hydrogens is 310 g/mol. The van der Waals surface area contributed by atoms with Gasteiger partial charge in [-0.1, -0.05) is 18.2 Å². The van der Waals surface area contributed by atoms with Gasteiger partial charge in [-0.25, -0.2) is 4.98 Å². The van der Waals surface area contributed by atoms with Gasteiger partial charge in [0.15, 0.2) is 0 Å². The van der Waals surface area contributed by atoms with Crippen molar-refractivity contribution in [1.29, 1.82) is 0 Å². The molecule has 8 nitrogen and oxygen atoms in total. The Kier molecular flexibility index (Phi) is 4.85. The maximum atomic E-state index is 11.2. The second-order valence-electron chi connectivity index (χ2n) is 5.83. The Balaban J connectivity index is 1.79. The van der Waals surface area contributed by atoms with Gasteiger partial charge in [-0.15, -0.1) is 0 Å². The zero-order chi connectivity index (χ0) is 16.9. The molecule has 0 spiro atoms. The van der Waals surface area contributed by atoms with Crippen molar-refractivity contribution in [1.82, 2.24) is 9.97 Å². The minimum absolute atomic E-state index is 0.152. The normalized spacial score (nSPS) is 20.4. The molecule has 8 heteroatoms. The molecule has 24 heavy (non-hydrogen) atoms. The highest BCUT2D eigenvalue weighted by Gasteiger charge is 2.22. The third-order valence-electron chi connectivity index (χ3n) is 4.03. The summed E-state index contributed by atoms with van der Waals surface area (Å²) in [6, 6.07) is 9.32. The van der Waals surface area contributed by atoms with Gasteiger partial charge in [-0.3, -0.25) is 10.1 Å². The second kappa shape index (κ2) is 7.22. The van der Waals surface area contributed by atoms with E-state index >= 15 is 0 Å². The maximum absolute atomic E-state index is 11.2. The number of para-hydroxylation sites is 1. The summed E-state index contributed by atoms with van der Waals surface area (Å²) < 4.78 is 0. The lowest BCUT2D eigenvalue weighted by Gasteiger charge is -2.26. The van der Waals surface area contributed by atoms with Gasteiger partial charge in [0, 0.05) is 11.7 Å². The third-order valence-corrected chi connectivity index (χ3v) is 4.03. The van der Waals surface area contributed by atoms with E-state index in [-0.39, 0.29) is 23.7 Å². The maximum Gasteiger partial charge on any atom is 0.329 e. The van der Waals surface area contributed by atoms with Crippen LogP contribution in [0.15, 0.2) is 36.5 Å². The molecule has 1 aliphatic carbocycles. The first-order valence-corrected chi connectivity index (χ1v) is 7.90. The molecule has 0 saturated heterocycles. The van der Waals surface area contributed by atoms with Crippen LogP contribution < -0.4 is 10.6 Å². The quantitative estimate of drug-likeness (QED) is 0.571. The van der Waals surface area contributed by atoms with E-state index < -0.39 is 4.92 Å². The molecule has 3 N–H and O–H groups in total. The highest BCUT2D eigenvalue weighted by atomic mass is 16.6. The van der Waals surface area contributed by atoms with Crippen LogP contribution in [0.25, 0.3) is 0 Å². The van der Waals surface area contributed by atoms with E-state index in [0.29, 0.717) is 11.6 Å². The first kappa shape index (κ1) is 16.1. The second-order valence-corrected chi connectivity index (χ2v) is 5.83. The summed E-state index contributed by atoms with van der Waals surface area (Å²) in [5.41, 5.74) is 0.537. The van der Waals surface area contributed by atoms with Gasteiger partial charge >= 0.3 is 5.69 Å². The molecule has 1 aliphatic rings. The average Bonchev–Trinajstić information content (AvgIpc) is 2.58. The molecule has 0 unspecified atom stereocenters. The van der Waals surface area contributed by atoms with Crippen LogP contribution in [0.3, 0.4) is 0 Å². The summed E-state index contributed by atoms with van der Waals surface area (Å²) in [4.78, 5) is 19.0. The number of aliphatic hydroxyl groups is 1. The van der Waals surface area contributed by atoms with E-state index in [1.165, 1.54) is 6.20 Å². The Labute approximate surface area is 139 Å². The van der Waals surface area contributed by atoms with Crippen LogP contribution in [0.2, 0.25) is 0 Å². The number of nitro groups is 1. The largest absolute Gasteiger partial charge is 0.393 e. The Morgan fingerprint density at radius 3 is 2.54 bits per heavy atom. The zero-order valence-corrected chi connectivity index (χ0v) is 13.1. The Hall–Kier alpha value is -2.74. The summed E-state index contributed by atoms with van der Waals surface area (Å²) >= 11 is 0. The predicted octanol–water partition coefficient (Wildman–Crippen LogP) is 2.84. The molecule has 1 heterocycles. The predicted molar refractivity (Wildman–Crippen MR) is 90.3 cm³/mol. The molecule has 126 valence electrons. The van der Waals surface area contributed by atoms with Crippen LogP contribution >= 0.6 is 0 Å². The van der Waals surface area contributed by atoms with Crippen molar-refractivity contribution in [2.45, 2.75) is 37.8 Å². The van der Waals surface area contributed by atoms with E-state index in [4.69, 9.17) is 0 Å². The smallest absolute Gasteiger partial charge is 0.329 e. The van der Waals surface area contributed by atoms with Gasteiger partial charge < -0.3 is 15.7 Å². The van der Waals surface area contributed by atoms with Crippen LogP contribution in [0, 0.1) is 10.1 Å². The van der Waals surface area contributed by atoms with Gasteiger partial charge in [0.25, 0.3) is 0 Å². The molecule has 1 aromatic carbocycles. The van der Waals surface area contributed by atoms with Crippen LogP contribution in [0.1, 0.15) is 25.7 Å². The summed E-state index contributed by atoms with van der Waals surface area (Å²) in [7, 11) is 0. The lowest BCUT2D eigenvalue weighted by molar-refractivity contribution is -0.384. The fraction of sp³-hybridized carbons (Fsp3) is 0.375. The van der Waals surface area contributed by atoms with Gasteiger partial charge in [-0.05, 0) is 37.8 Å². The Morgan fingerprint density at radius 1 is 1.17 bits per heavy atom. The lowest BCUT2D eigenvalue weighted by atomic mass is 9.93. The Morgan fingerprint density at radius 2 is 1.88 bits per heavy atom. The summed E-state index contributed by atoms with van der Waals surface area (Å²) in [6.07, 6.45) is 4.08. The molecule has 1 saturated carbocycles. The monoisotopic (exact) mass is 329 g/mol. The van der Waals surface area contributed by atoms with Crippen molar-refractivity contribution in [3.8, 4) is 0 Å². The van der Waals surface area contributed by atoms with Crippen molar-refractivity contribution in [3.05, 3.63) is 46.6 Å². The minimum atomic E-state index is -0.508. The molecule has 0 aliphatic heterocycles. The van der Waals surface area contributed by atoms with Gasteiger partial charge in [0.05, 0.1) is 11.0 Å². The number of nitrogens with one attached hydrogen (secondary N) is 2. The van der Waals surface area contributed by atoms with Crippen LogP contribution in [-0.2, 0) is 0 Å². The highest BCUT2D eigenvalue weighted by Crippen LogP contribution is 2.27. The van der Waals surface area contributed by atoms with Crippen molar-refractivity contribution in [2.24, 2.45) is 0 Å². The summed E-state index contributed by atoms with van der Waals surface area (Å²) in [5, 5.41) is 26.9. The van der Waals surface area contributed by atoms with Crippen molar-refractivity contribution >= 4 is 23.1 Å². The van der Waals surface area contributed by atoms with Crippen LogP contribution in [0.4, 0.5) is 23.1 Å². The van der Waals surface area contributed by atoms with Gasteiger partial charge in [-0.2, -0.15) is 4.98 Å². The summed E-state index contributed by atoms with van der Waals surface area (Å²) in [6.45, 7) is 0. The van der Waals surface area contributed by atoms with E-state index in [2.05, 4.69) is 20.6 Å². The number of anilines is 3. The molecular formula is C16H19N5O3. The molecule has 0 bridgehead atoms. The zero-order valence-electron chi connectivity index (χ0n) is 13.1. The Bertz CT molecular complexity index is 702. The first-order valence-electron chi connectivity index (χ1n) is 7.90. The standard InChI is InChI=1S/C16H19N5O3/c22-13-8-6-12(7-9-13)19-16-17-10-14(21(23)24)15(20-16)18-11-4-2-1-3-5-11/h1-5,10,12-13,22H,6-9H2,(H2,17,18,19,20). The van der Waals surface area contributed by atoms with E-state index in [9.17, 15) is 15.2 Å². The van der Waals surface area contributed by atoms with Crippen molar-refractivity contribution in [3.63, 3.8) is 0 Å². The van der Waals surface area contributed by atoms with Crippen LogP contribution in [-0.4, -0.2) is 32.1 Å². The van der Waals surface area contributed by atoms with E-state index in [1.54, 1.807) is 0 Å². The fourth-order valence-corrected chi connectivity index (χ4v) is 2.73. The number of aromatic nitrogens is 2. The number of nitrogens with zero attached hydrogens (tertiary/aromatic N) is 3. The average molecular weight is 329 g/mol. The molecule has 0 amide bonds. The number of aliphatic hydroxyl groups excluding tert-OH is 1. The molecule has 1 aromatic heterocycles. The fourth-order valence-electron chi connectivity index (χ4n) is 2.73. The van der Waals surface area contributed by atoms with Gasteiger partial charge in [0.2, 0.25) is 11.8 Å². The molecule has 0 atom stereocenters. The molecule has 2 aromatic rings. The lowest BCUT2D eigenvalue weighted by Crippen LogP contribution is -2.29. The number of hydrogen-bond acceptors (Lipinski definition) is 7. The molecule has 1 fully saturated rings. The molecule has 3 rings (SSSR count).